The number of hydrogen-bond acceptors (Lipinski definition) is 4. The summed E-state index contributed by atoms with van der Waals surface area (Å²) in [7, 11) is 0. The standard InChI is InChI=1S/C19H28ClFN4O2/c1-19(2,3)23-18(27)13-25-8-4-7-24(9-10-25)12-17(26)22-14-5-6-16(21)15(20)11-14/h5-6,11H,4,7-10,12-13H2,1-3H3,(H,22,26)(H,23,27). The lowest BCUT2D eigenvalue weighted by Crippen LogP contribution is -2.46. The van der Waals surface area contributed by atoms with E-state index >= 15 is 0 Å². The Morgan fingerprint density at radius 3 is 2.22 bits per heavy atom. The van der Waals surface area contributed by atoms with Crippen LogP contribution in [0, 0.1) is 5.82 Å². The maximum Gasteiger partial charge on any atom is 0.238 e. The van der Waals surface area contributed by atoms with Gasteiger partial charge in [-0.05, 0) is 58.5 Å². The summed E-state index contributed by atoms with van der Waals surface area (Å²) in [5, 5.41) is 5.69. The molecule has 1 aliphatic heterocycles. The first kappa shape index (κ1) is 21.6. The number of carbonyl (C=O) groups is 2. The molecule has 1 saturated heterocycles. The Morgan fingerprint density at radius 1 is 1.07 bits per heavy atom. The molecule has 2 amide bonds. The Morgan fingerprint density at radius 2 is 1.67 bits per heavy atom. The second-order valence-electron chi connectivity index (χ2n) is 7.88. The minimum atomic E-state index is -0.516. The molecule has 1 aromatic carbocycles. The monoisotopic (exact) mass is 398 g/mol. The summed E-state index contributed by atoms with van der Waals surface area (Å²) >= 11 is 5.73. The Hall–Kier alpha value is -1.70. The molecule has 1 fully saturated rings. The zero-order chi connectivity index (χ0) is 20.0. The van der Waals surface area contributed by atoms with Crippen LogP contribution in [0.1, 0.15) is 27.2 Å². The van der Waals surface area contributed by atoms with Crippen LogP contribution in [0.5, 0.6) is 0 Å². The minimum absolute atomic E-state index is 0.0156. The number of carbonyl (C=O) groups excluding carboxylic acids is 2. The molecule has 27 heavy (non-hydrogen) atoms. The van der Waals surface area contributed by atoms with Gasteiger partial charge in [0, 0.05) is 24.3 Å². The fourth-order valence-electron chi connectivity index (χ4n) is 2.98. The van der Waals surface area contributed by atoms with Crippen molar-refractivity contribution in [2.24, 2.45) is 0 Å². The van der Waals surface area contributed by atoms with Crippen LogP contribution in [0.4, 0.5) is 10.1 Å². The molecule has 0 bridgehead atoms. The molecular formula is C19H28ClFN4O2. The molecule has 8 heteroatoms. The van der Waals surface area contributed by atoms with Crippen LogP contribution < -0.4 is 10.6 Å². The highest BCUT2D eigenvalue weighted by atomic mass is 35.5. The van der Waals surface area contributed by atoms with Gasteiger partial charge in [-0.2, -0.15) is 0 Å². The number of benzene rings is 1. The molecule has 0 radical (unpaired) electrons. The molecule has 2 rings (SSSR count). The summed E-state index contributed by atoms with van der Waals surface area (Å²) in [5.74, 6) is -0.670. The van der Waals surface area contributed by atoms with Gasteiger partial charge in [0.25, 0.3) is 0 Å². The van der Waals surface area contributed by atoms with Gasteiger partial charge in [0.05, 0.1) is 18.1 Å². The summed E-state index contributed by atoms with van der Waals surface area (Å²) in [5.41, 5.74) is 0.234. The third-order valence-electron chi connectivity index (χ3n) is 4.13. The van der Waals surface area contributed by atoms with Crippen LogP contribution in [0.2, 0.25) is 5.02 Å². The number of halogens is 2. The van der Waals surface area contributed by atoms with Crippen molar-refractivity contribution in [3.8, 4) is 0 Å². The Bertz CT molecular complexity index is 678. The summed E-state index contributed by atoms with van der Waals surface area (Å²) in [6.45, 7) is 9.54. The van der Waals surface area contributed by atoms with Gasteiger partial charge in [-0.15, -0.1) is 0 Å². The molecule has 0 saturated carbocycles. The van der Waals surface area contributed by atoms with Gasteiger partial charge in [-0.3, -0.25) is 19.4 Å². The van der Waals surface area contributed by atoms with Crippen molar-refractivity contribution in [2.75, 3.05) is 44.6 Å². The fourth-order valence-corrected chi connectivity index (χ4v) is 3.16. The van der Waals surface area contributed by atoms with E-state index in [1.807, 2.05) is 20.8 Å². The van der Waals surface area contributed by atoms with Gasteiger partial charge in [0.15, 0.2) is 0 Å². The second kappa shape index (κ2) is 9.48. The highest BCUT2D eigenvalue weighted by Gasteiger charge is 2.21. The number of nitrogens with one attached hydrogen (secondary N) is 2. The third kappa shape index (κ3) is 7.82. The number of amides is 2. The van der Waals surface area contributed by atoms with Crippen LogP contribution in [0.3, 0.4) is 0 Å². The molecular weight excluding hydrogens is 371 g/mol. The van der Waals surface area contributed by atoms with Gasteiger partial charge in [-0.25, -0.2) is 4.39 Å². The minimum Gasteiger partial charge on any atom is -0.350 e. The van der Waals surface area contributed by atoms with Gasteiger partial charge >= 0.3 is 0 Å². The first-order chi connectivity index (χ1) is 12.6. The predicted molar refractivity (Wildman–Crippen MR) is 105 cm³/mol. The third-order valence-corrected chi connectivity index (χ3v) is 4.42. The number of hydrogen-bond donors (Lipinski definition) is 2. The van der Waals surface area contributed by atoms with Crippen molar-refractivity contribution < 1.29 is 14.0 Å². The van der Waals surface area contributed by atoms with E-state index in [0.29, 0.717) is 18.8 Å². The lowest BCUT2D eigenvalue weighted by atomic mass is 10.1. The Balaban J connectivity index is 1.79. The lowest BCUT2D eigenvalue weighted by molar-refractivity contribution is -0.123. The molecule has 0 aliphatic carbocycles. The van der Waals surface area contributed by atoms with E-state index < -0.39 is 5.82 Å². The van der Waals surface area contributed by atoms with Gasteiger partial charge in [0.1, 0.15) is 5.82 Å². The van der Waals surface area contributed by atoms with Crippen molar-refractivity contribution in [2.45, 2.75) is 32.7 Å². The molecule has 1 aliphatic rings. The van der Waals surface area contributed by atoms with Gasteiger partial charge in [-0.1, -0.05) is 11.6 Å². The number of nitrogens with zero attached hydrogens (tertiary/aromatic N) is 2. The average molecular weight is 399 g/mol. The molecule has 0 spiro atoms. The number of anilines is 1. The highest BCUT2D eigenvalue weighted by molar-refractivity contribution is 6.31. The largest absolute Gasteiger partial charge is 0.350 e. The Kier molecular flexibility index (Phi) is 7.59. The normalized spacial score (nSPS) is 16.6. The smallest absolute Gasteiger partial charge is 0.238 e. The van der Waals surface area contributed by atoms with Crippen molar-refractivity contribution in [3.63, 3.8) is 0 Å². The van der Waals surface area contributed by atoms with Gasteiger partial charge < -0.3 is 10.6 Å². The summed E-state index contributed by atoms with van der Waals surface area (Å²) in [6.07, 6.45) is 0.887. The summed E-state index contributed by atoms with van der Waals surface area (Å²) in [6, 6.07) is 4.11. The van der Waals surface area contributed by atoms with Gasteiger partial charge in [0.2, 0.25) is 11.8 Å². The van der Waals surface area contributed by atoms with E-state index in [4.69, 9.17) is 11.6 Å². The van der Waals surface area contributed by atoms with Crippen molar-refractivity contribution in [3.05, 3.63) is 29.0 Å². The first-order valence-corrected chi connectivity index (χ1v) is 9.51. The van der Waals surface area contributed by atoms with E-state index in [9.17, 15) is 14.0 Å². The maximum atomic E-state index is 13.2. The molecule has 0 unspecified atom stereocenters. The maximum absolute atomic E-state index is 13.2. The van der Waals surface area contributed by atoms with Crippen molar-refractivity contribution >= 4 is 29.1 Å². The van der Waals surface area contributed by atoms with Crippen LogP contribution in [-0.4, -0.2) is 66.4 Å². The first-order valence-electron chi connectivity index (χ1n) is 9.13. The second-order valence-corrected chi connectivity index (χ2v) is 8.29. The molecule has 150 valence electrons. The molecule has 1 heterocycles. The van der Waals surface area contributed by atoms with E-state index in [1.165, 1.54) is 18.2 Å². The van der Waals surface area contributed by atoms with Crippen LogP contribution >= 0.6 is 11.6 Å². The van der Waals surface area contributed by atoms with E-state index in [-0.39, 0.29) is 28.9 Å². The molecule has 0 aromatic heterocycles. The van der Waals surface area contributed by atoms with E-state index in [1.54, 1.807) is 0 Å². The van der Waals surface area contributed by atoms with E-state index in [0.717, 1.165) is 26.1 Å². The quantitative estimate of drug-likeness (QED) is 0.799. The van der Waals surface area contributed by atoms with Crippen LogP contribution in [0.15, 0.2) is 18.2 Å². The zero-order valence-electron chi connectivity index (χ0n) is 16.1. The predicted octanol–water partition coefficient (Wildman–Crippen LogP) is 2.34. The van der Waals surface area contributed by atoms with Crippen molar-refractivity contribution in [1.29, 1.82) is 0 Å². The topological polar surface area (TPSA) is 64.7 Å². The summed E-state index contributed by atoms with van der Waals surface area (Å²) in [4.78, 5) is 28.5. The summed E-state index contributed by atoms with van der Waals surface area (Å²) < 4.78 is 13.2. The lowest BCUT2D eigenvalue weighted by Gasteiger charge is -2.25. The molecule has 1 aromatic rings. The SMILES string of the molecule is CC(C)(C)NC(=O)CN1CCCN(CC(=O)Nc2ccc(F)c(Cl)c2)CC1. The fraction of sp³-hybridized carbons (Fsp3) is 0.579. The molecule has 6 nitrogen and oxygen atoms in total. The van der Waals surface area contributed by atoms with Crippen molar-refractivity contribution in [1.82, 2.24) is 15.1 Å². The molecule has 0 atom stereocenters. The average Bonchev–Trinajstić information content (AvgIpc) is 2.74. The van der Waals surface area contributed by atoms with Crippen LogP contribution in [0.25, 0.3) is 0 Å². The highest BCUT2D eigenvalue weighted by Crippen LogP contribution is 2.19. The van der Waals surface area contributed by atoms with E-state index in [2.05, 4.69) is 20.4 Å². The Labute approximate surface area is 165 Å². The van der Waals surface area contributed by atoms with Crippen LogP contribution in [-0.2, 0) is 9.59 Å². The molecule has 2 N–H and O–H groups in total. The number of rotatable bonds is 5. The zero-order valence-corrected chi connectivity index (χ0v) is 16.9.